The number of rotatable bonds is 5. The van der Waals surface area contributed by atoms with Gasteiger partial charge in [-0.05, 0) is 19.1 Å². The van der Waals surface area contributed by atoms with Crippen LogP contribution in [0.5, 0.6) is 5.88 Å². The highest BCUT2D eigenvalue weighted by molar-refractivity contribution is 7.09. The molecule has 2 heterocycles. The molecule has 0 fully saturated rings. The molecule has 0 aromatic carbocycles. The number of hydrogen-bond acceptors (Lipinski definition) is 5. The quantitative estimate of drug-likeness (QED) is 0.865. The van der Waals surface area contributed by atoms with Crippen LogP contribution in [-0.2, 0) is 6.54 Å². The fourth-order valence-electron chi connectivity index (χ4n) is 1.29. The molecule has 0 aliphatic heterocycles. The number of aromatic nitrogens is 2. The molecule has 1 N–H and O–H groups in total. The van der Waals surface area contributed by atoms with Crippen molar-refractivity contribution in [1.29, 1.82) is 0 Å². The van der Waals surface area contributed by atoms with Crippen LogP contribution in [0.2, 0.25) is 0 Å². The van der Waals surface area contributed by atoms with Gasteiger partial charge in [-0.25, -0.2) is 9.97 Å². The first-order chi connectivity index (χ1) is 7.90. The zero-order chi connectivity index (χ0) is 11.2. The maximum atomic E-state index is 5.42. The summed E-state index contributed by atoms with van der Waals surface area (Å²) in [5, 5.41) is 6.27. The third kappa shape index (κ3) is 2.70. The molecule has 0 atom stereocenters. The molecule has 0 spiro atoms. The molecule has 0 radical (unpaired) electrons. The highest BCUT2D eigenvalue weighted by Gasteiger charge is 2.03. The minimum atomic E-state index is 0.614. The molecule has 0 unspecified atom stereocenters. The molecule has 2 rings (SSSR count). The Bertz CT molecular complexity index is 431. The third-order valence-corrected chi connectivity index (χ3v) is 2.75. The fraction of sp³-hybridized carbons (Fsp3) is 0.273. The van der Waals surface area contributed by atoms with E-state index in [1.165, 1.54) is 0 Å². The predicted molar refractivity (Wildman–Crippen MR) is 64.8 cm³/mol. The molecule has 0 bridgehead atoms. The lowest BCUT2D eigenvalue weighted by atomic mass is 10.4. The second kappa shape index (κ2) is 5.46. The molecule has 0 amide bonds. The van der Waals surface area contributed by atoms with Crippen molar-refractivity contribution in [3.05, 3.63) is 34.9 Å². The number of anilines is 1. The molecule has 0 aliphatic carbocycles. The van der Waals surface area contributed by atoms with Gasteiger partial charge in [-0.1, -0.05) is 0 Å². The maximum absolute atomic E-state index is 5.42. The molecular formula is C11H13N3OS. The van der Waals surface area contributed by atoms with Crippen molar-refractivity contribution < 1.29 is 4.74 Å². The summed E-state index contributed by atoms with van der Waals surface area (Å²) in [6.07, 6.45) is 3.52. The molecule has 84 valence electrons. The molecule has 16 heavy (non-hydrogen) atoms. The Balaban J connectivity index is 2.03. The molecule has 0 saturated carbocycles. The summed E-state index contributed by atoms with van der Waals surface area (Å²) in [5.41, 5.74) is 0.902. The van der Waals surface area contributed by atoms with Gasteiger partial charge >= 0.3 is 0 Å². The topological polar surface area (TPSA) is 47.0 Å². The van der Waals surface area contributed by atoms with Gasteiger partial charge < -0.3 is 10.1 Å². The van der Waals surface area contributed by atoms with E-state index in [1.54, 1.807) is 23.7 Å². The van der Waals surface area contributed by atoms with Gasteiger partial charge in [0.2, 0.25) is 5.88 Å². The van der Waals surface area contributed by atoms with Crippen molar-refractivity contribution in [2.24, 2.45) is 0 Å². The van der Waals surface area contributed by atoms with E-state index in [4.69, 9.17) is 4.74 Å². The van der Waals surface area contributed by atoms with E-state index >= 15 is 0 Å². The van der Waals surface area contributed by atoms with Gasteiger partial charge in [0.15, 0.2) is 0 Å². The van der Waals surface area contributed by atoms with Gasteiger partial charge in [-0.15, -0.1) is 11.3 Å². The zero-order valence-corrected chi connectivity index (χ0v) is 9.83. The van der Waals surface area contributed by atoms with Crippen LogP contribution in [0.4, 0.5) is 5.69 Å². The van der Waals surface area contributed by atoms with Crippen LogP contribution in [0, 0.1) is 0 Å². The predicted octanol–water partition coefficient (Wildman–Crippen LogP) is 2.55. The Labute approximate surface area is 98.3 Å². The molecule has 0 aliphatic rings. The number of nitrogens with zero attached hydrogens (tertiary/aromatic N) is 2. The maximum Gasteiger partial charge on any atom is 0.237 e. The van der Waals surface area contributed by atoms with E-state index in [0.29, 0.717) is 19.0 Å². The van der Waals surface area contributed by atoms with E-state index in [2.05, 4.69) is 15.3 Å². The highest BCUT2D eigenvalue weighted by atomic mass is 32.1. The smallest absolute Gasteiger partial charge is 0.237 e. The SMILES string of the molecule is CCOc1ncccc1NCc1nccs1. The molecule has 4 nitrogen and oxygen atoms in total. The van der Waals surface area contributed by atoms with Crippen molar-refractivity contribution in [3.8, 4) is 5.88 Å². The lowest BCUT2D eigenvalue weighted by Gasteiger charge is -2.09. The third-order valence-electron chi connectivity index (χ3n) is 1.97. The molecule has 5 heteroatoms. The summed E-state index contributed by atoms with van der Waals surface area (Å²) in [6.45, 7) is 3.26. The van der Waals surface area contributed by atoms with Crippen LogP contribution in [0.25, 0.3) is 0 Å². The Morgan fingerprint density at radius 1 is 1.38 bits per heavy atom. The molecule has 2 aromatic heterocycles. The Kier molecular flexibility index (Phi) is 3.71. The van der Waals surface area contributed by atoms with Crippen molar-refractivity contribution in [2.75, 3.05) is 11.9 Å². The van der Waals surface area contributed by atoms with Gasteiger partial charge in [0.05, 0.1) is 18.8 Å². The first-order valence-corrected chi connectivity index (χ1v) is 5.98. The van der Waals surface area contributed by atoms with Crippen LogP contribution in [0.1, 0.15) is 11.9 Å². The minimum absolute atomic E-state index is 0.614. The lowest BCUT2D eigenvalue weighted by Crippen LogP contribution is -2.03. The number of thiazole rings is 1. The fourth-order valence-corrected chi connectivity index (χ4v) is 1.84. The summed E-state index contributed by atoms with van der Waals surface area (Å²) in [7, 11) is 0. The van der Waals surface area contributed by atoms with E-state index in [9.17, 15) is 0 Å². The Morgan fingerprint density at radius 3 is 3.06 bits per heavy atom. The van der Waals surface area contributed by atoms with Crippen LogP contribution in [0.3, 0.4) is 0 Å². The van der Waals surface area contributed by atoms with Crippen molar-refractivity contribution in [3.63, 3.8) is 0 Å². The second-order valence-corrected chi connectivity index (χ2v) is 4.05. The van der Waals surface area contributed by atoms with Gasteiger partial charge in [-0.3, -0.25) is 0 Å². The van der Waals surface area contributed by atoms with Gasteiger partial charge in [0.25, 0.3) is 0 Å². The van der Waals surface area contributed by atoms with E-state index in [1.807, 2.05) is 24.4 Å². The number of hydrogen-bond donors (Lipinski definition) is 1. The first kappa shape index (κ1) is 10.9. The van der Waals surface area contributed by atoms with Gasteiger partial charge in [-0.2, -0.15) is 0 Å². The standard InChI is InChI=1S/C11H13N3OS/c1-2-15-11-9(4-3-5-13-11)14-8-10-12-6-7-16-10/h3-7,14H,2,8H2,1H3. The molecular weight excluding hydrogens is 222 g/mol. The number of pyridine rings is 1. The highest BCUT2D eigenvalue weighted by Crippen LogP contribution is 2.21. The largest absolute Gasteiger partial charge is 0.476 e. The van der Waals surface area contributed by atoms with Crippen molar-refractivity contribution in [1.82, 2.24) is 9.97 Å². The van der Waals surface area contributed by atoms with Crippen molar-refractivity contribution >= 4 is 17.0 Å². The summed E-state index contributed by atoms with van der Waals surface area (Å²) in [4.78, 5) is 8.37. The summed E-state index contributed by atoms with van der Waals surface area (Å²) >= 11 is 1.63. The second-order valence-electron chi connectivity index (χ2n) is 3.07. The lowest BCUT2D eigenvalue weighted by molar-refractivity contribution is 0.328. The van der Waals surface area contributed by atoms with Crippen LogP contribution in [-0.4, -0.2) is 16.6 Å². The number of nitrogens with one attached hydrogen (secondary N) is 1. The van der Waals surface area contributed by atoms with Gasteiger partial charge in [0, 0.05) is 17.8 Å². The Morgan fingerprint density at radius 2 is 2.31 bits per heavy atom. The van der Waals surface area contributed by atoms with E-state index < -0.39 is 0 Å². The first-order valence-electron chi connectivity index (χ1n) is 5.10. The molecule has 2 aromatic rings. The van der Waals surface area contributed by atoms with E-state index in [0.717, 1.165) is 10.7 Å². The number of ether oxygens (including phenoxy) is 1. The molecule has 0 saturated heterocycles. The summed E-state index contributed by atoms with van der Waals surface area (Å²) in [6, 6.07) is 3.83. The van der Waals surface area contributed by atoms with Crippen LogP contribution in [0.15, 0.2) is 29.9 Å². The average Bonchev–Trinajstić information content (AvgIpc) is 2.81. The van der Waals surface area contributed by atoms with Crippen molar-refractivity contribution in [2.45, 2.75) is 13.5 Å². The normalized spacial score (nSPS) is 10.1. The van der Waals surface area contributed by atoms with Crippen LogP contribution < -0.4 is 10.1 Å². The van der Waals surface area contributed by atoms with Crippen LogP contribution >= 0.6 is 11.3 Å². The average molecular weight is 235 g/mol. The zero-order valence-electron chi connectivity index (χ0n) is 9.01. The summed E-state index contributed by atoms with van der Waals surface area (Å²) < 4.78 is 5.42. The monoisotopic (exact) mass is 235 g/mol. The summed E-state index contributed by atoms with van der Waals surface area (Å²) in [5.74, 6) is 0.640. The van der Waals surface area contributed by atoms with Gasteiger partial charge in [0.1, 0.15) is 5.01 Å². The minimum Gasteiger partial charge on any atom is -0.476 e. The van der Waals surface area contributed by atoms with E-state index in [-0.39, 0.29) is 0 Å². The Hall–Kier alpha value is -1.62.